The fraction of sp³-hybridized carbons (Fsp3) is 0.800. The van der Waals surface area contributed by atoms with Crippen molar-refractivity contribution in [3.8, 4) is 0 Å². The smallest absolute Gasteiger partial charge is 0.161 e. The second-order valence-electron chi connectivity index (χ2n) is 12.9. The first-order valence-electron chi connectivity index (χ1n) is 14.3. The molecule has 4 atom stereocenters. The van der Waals surface area contributed by atoms with Crippen LogP contribution < -0.4 is 0 Å². The van der Waals surface area contributed by atoms with Gasteiger partial charge in [0, 0.05) is 61.6 Å². The topological polar surface area (TPSA) is 68.3 Å². The third-order valence-electron chi connectivity index (χ3n) is 10.3. The largest absolute Gasteiger partial charge is 0.378 e. The zero-order chi connectivity index (χ0) is 26.5. The molecule has 0 aromatic carbocycles. The Balaban J connectivity index is 1.25. The highest BCUT2D eigenvalue weighted by Gasteiger charge is 2.66. The Kier molecular flexibility index (Phi) is 7.36. The lowest BCUT2D eigenvalue weighted by Gasteiger charge is -2.29. The van der Waals surface area contributed by atoms with Crippen molar-refractivity contribution in [3.05, 3.63) is 22.5 Å². The Bertz CT molecular complexity index is 918. The minimum atomic E-state index is 0.238. The van der Waals surface area contributed by atoms with Crippen LogP contribution in [0.4, 0.5) is 0 Å². The molecule has 0 aromatic rings. The summed E-state index contributed by atoms with van der Waals surface area (Å²) in [6.07, 6.45) is 1.38. The molecule has 0 unspecified atom stereocenters. The number of allylic oxidation sites excluding steroid dienone is 4. The summed E-state index contributed by atoms with van der Waals surface area (Å²) in [6.45, 7) is 19.7. The van der Waals surface area contributed by atoms with Gasteiger partial charge in [-0.05, 0) is 48.3 Å². The quantitative estimate of drug-likeness (QED) is 0.521. The Labute approximate surface area is 222 Å². The van der Waals surface area contributed by atoms with Crippen LogP contribution in [0.15, 0.2) is 22.5 Å². The van der Waals surface area contributed by atoms with Gasteiger partial charge in [-0.2, -0.15) is 0 Å². The number of fused-ring (bicyclic) bond motifs is 2. The van der Waals surface area contributed by atoms with Crippen molar-refractivity contribution in [2.75, 3.05) is 65.8 Å². The number of carbonyl (C=O) groups is 2. The number of hydrogen-bond acceptors (Lipinski definition) is 7. The number of rotatable bonds is 2. The van der Waals surface area contributed by atoms with Crippen LogP contribution in [0.2, 0.25) is 0 Å². The average Bonchev–Trinajstić information content (AvgIpc) is 3.34. The van der Waals surface area contributed by atoms with Crippen molar-refractivity contribution in [3.63, 3.8) is 0 Å². The molecule has 5 fully saturated rings. The van der Waals surface area contributed by atoms with E-state index in [4.69, 9.17) is 14.2 Å². The molecule has 206 valence electrons. The molecule has 7 nitrogen and oxygen atoms in total. The third-order valence-corrected chi connectivity index (χ3v) is 10.3. The van der Waals surface area contributed by atoms with E-state index in [1.54, 1.807) is 0 Å². The molecule has 0 aromatic heterocycles. The second kappa shape index (κ2) is 10.1. The Morgan fingerprint density at radius 3 is 1.27 bits per heavy atom. The summed E-state index contributed by atoms with van der Waals surface area (Å²) in [6, 6.07) is 0. The highest BCUT2D eigenvalue weighted by Crippen LogP contribution is 2.69. The highest BCUT2D eigenvalue weighted by atomic mass is 16.5. The lowest BCUT2D eigenvalue weighted by Crippen LogP contribution is -2.33. The summed E-state index contributed by atoms with van der Waals surface area (Å²) in [5, 5.41) is 0. The van der Waals surface area contributed by atoms with Gasteiger partial charge in [-0.3, -0.25) is 9.59 Å². The van der Waals surface area contributed by atoms with Crippen LogP contribution in [0.1, 0.15) is 54.4 Å². The Hall–Kier alpha value is -1.70. The monoisotopic (exact) mass is 514 g/mol. The molecule has 0 spiro atoms. The maximum absolute atomic E-state index is 12.8. The SMILES string of the molecule is CC(=C1C(=O)C[C@@H]2[C@H]1C2(C)C)N1CCOCCOCCN(C(C)=C2C(=O)C[C@@H]3[C@H]2C3(C)C)CCOCC1. The van der Waals surface area contributed by atoms with Crippen LogP contribution in [0.5, 0.6) is 0 Å². The third kappa shape index (κ3) is 4.92. The number of hydrogen-bond donors (Lipinski definition) is 0. The normalized spacial score (nSPS) is 36.9. The molecule has 5 aliphatic rings. The van der Waals surface area contributed by atoms with Crippen LogP contribution >= 0.6 is 0 Å². The molecule has 4 aliphatic carbocycles. The lowest BCUT2D eigenvalue weighted by atomic mass is 9.95. The summed E-state index contributed by atoms with van der Waals surface area (Å²) in [5.74, 6) is 2.44. The number of Topliss-reactive ketones (excluding diaryl/α,β-unsaturated/α-hetero) is 2. The fourth-order valence-electron chi connectivity index (χ4n) is 7.57. The molecule has 5 rings (SSSR count). The van der Waals surface area contributed by atoms with Gasteiger partial charge in [-0.25, -0.2) is 0 Å². The number of ketones is 2. The van der Waals surface area contributed by atoms with E-state index in [0.717, 1.165) is 48.7 Å². The van der Waals surface area contributed by atoms with Gasteiger partial charge < -0.3 is 24.0 Å². The molecule has 1 aliphatic heterocycles. The molecule has 7 heteroatoms. The molecule has 4 saturated carbocycles. The van der Waals surface area contributed by atoms with E-state index in [1.165, 1.54) is 0 Å². The van der Waals surface area contributed by atoms with Gasteiger partial charge in [0.1, 0.15) is 0 Å². The summed E-state index contributed by atoms with van der Waals surface area (Å²) in [7, 11) is 0. The Morgan fingerprint density at radius 1 is 0.622 bits per heavy atom. The maximum Gasteiger partial charge on any atom is 0.161 e. The standard InChI is InChI=1S/C30H46N2O5/c1-19(25-23(33)17-21-27(25)29(21,3)4)31-7-11-35-12-8-32(10-14-37-16-15-36-13-9-31)20(2)26-24(34)18-22-28(26)30(22,5)6/h21-22,27-28H,7-18H2,1-6H3/t21-,22-,27-,28-/m1/s1. The van der Waals surface area contributed by atoms with Gasteiger partial charge >= 0.3 is 0 Å². The number of carbonyl (C=O) groups excluding carboxylic acids is 2. The molecular weight excluding hydrogens is 468 g/mol. The van der Waals surface area contributed by atoms with Crippen LogP contribution in [-0.2, 0) is 23.8 Å². The minimum absolute atomic E-state index is 0.238. The predicted molar refractivity (Wildman–Crippen MR) is 142 cm³/mol. The van der Waals surface area contributed by atoms with Gasteiger partial charge in [-0.1, -0.05) is 27.7 Å². The number of nitrogens with zero attached hydrogens (tertiary/aromatic N) is 2. The van der Waals surface area contributed by atoms with E-state index in [1.807, 2.05) is 0 Å². The number of ether oxygens (including phenoxy) is 3. The van der Waals surface area contributed by atoms with Gasteiger partial charge in [0.2, 0.25) is 0 Å². The average molecular weight is 515 g/mol. The van der Waals surface area contributed by atoms with Crippen molar-refractivity contribution >= 4 is 11.6 Å². The van der Waals surface area contributed by atoms with Crippen LogP contribution in [0, 0.1) is 34.5 Å². The molecule has 37 heavy (non-hydrogen) atoms. The van der Waals surface area contributed by atoms with E-state index in [9.17, 15) is 9.59 Å². The molecule has 0 bridgehead atoms. The summed E-state index contributed by atoms with van der Waals surface area (Å²) in [5.41, 5.74) is 4.74. The van der Waals surface area contributed by atoms with Crippen molar-refractivity contribution in [1.29, 1.82) is 0 Å². The van der Waals surface area contributed by atoms with Gasteiger partial charge in [0.15, 0.2) is 11.6 Å². The molecule has 0 radical (unpaired) electrons. The summed E-state index contributed by atoms with van der Waals surface area (Å²) in [4.78, 5) is 30.1. The zero-order valence-electron chi connectivity index (χ0n) is 23.7. The first-order valence-corrected chi connectivity index (χ1v) is 14.3. The van der Waals surface area contributed by atoms with Crippen molar-refractivity contribution in [2.24, 2.45) is 34.5 Å². The van der Waals surface area contributed by atoms with Gasteiger partial charge in [0.05, 0.1) is 39.6 Å². The zero-order valence-corrected chi connectivity index (χ0v) is 23.7. The predicted octanol–water partition coefficient (Wildman–Crippen LogP) is 3.69. The molecule has 0 amide bonds. The maximum atomic E-state index is 12.8. The first-order chi connectivity index (χ1) is 17.6. The van der Waals surface area contributed by atoms with E-state index in [-0.39, 0.29) is 10.8 Å². The van der Waals surface area contributed by atoms with Crippen LogP contribution in [0.3, 0.4) is 0 Å². The van der Waals surface area contributed by atoms with Crippen LogP contribution in [0.25, 0.3) is 0 Å². The van der Waals surface area contributed by atoms with E-state index in [2.05, 4.69) is 51.3 Å². The van der Waals surface area contributed by atoms with Gasteiger partial charge in [0.25, 0.3) is 0 Å². The second-order valence-corrected chi connectivity index (χ2v) is 12.9. The van der Waals surface area contributed by atoms with E-state index >= 15 is 0 Å². The molecule has 0 N–H and O–H groups in total. The molecule has 1 heterocycles. The minimum Gasteiger partial charge on any atom is -0.378 e. The molecule has 1 saturated heterocycles. The lowest BCUT2D eigenvalue weighted by molar-refractivity contribution is -0.116. The van der Waals surface area contributed by atoms with Crippen LogP contribution in [-0.4, -0.2) is 87.2 Å². The van der Waals surface area contributed by atoms with Crippen molar-refractivity contribution < 1.29 is 23.8 Å². The van der Waals surface area contributed by atoms with Crippen molar-refractivity contribution in [1.82, 2.24) is 9.80 Å². The Morgan fingerprint density at radius 2 is 0.946 bits per heavy atom. The highest BCUT2D eigenvalue weighted by molar-refractivity contribution is 6.01. The van der Waals surface area contributed by atoms with Crippen molar-refractivity contribution in [2.45, 2.75) is 54.4 Å². The van der Waals surface area contributed by atoms with E-state index in [0.29, 0.717) is 87.7 Å². The first kappa shape index (κ1) is 26.9. The van der Waals surface area contributed by atoms with Gasteiger partial charge in [-0.15, -0.1) is 0 Å². The summed E-state index contributed by atoms with van der Waals surface area (Å²) < 4.78 is 17.9. The fourth-order valence-corrected chi connectivity index (χ4v) is 7.57. The molecular formula is C30H46N2O5. The summed E-state index contributed by atoms with van der Waals surface area (Å²) >= 11 is 0. The van der Waals surface area contributed by atoms with E-state index < -0.39 is 0 Å².